The number of carbonyl (C=O) groups excluding carboxylic acids is 5. The maximum atomic E-state index is 13.0. The number of esters is 5. The molecule has 17 atom stereocenters. The van der Waals surface area contributed by atoms with Crippen molar-refractivity contribution in [3.63, 3.8) is 0 Å². The van der Waals surface area contributed by atoms with Crippen molar-refractivity contribution in [2.75, 3.05) is 13.2 Å². The van der Waals surface area contributed by atoms with Crippen LogP contribution in [0.5, 0.6) is 0 Å². The van der Waals surface area contributed by atoms with Gasteiger partial charge in [0, 0.05) is 38.1 Å². The molecule has 352 valence electrons. The highest BCUT2D eigenvalue weighted by molar-refractivity contribution is 9.10. The predicted octanol–water partition coefficient (Wildman–Crippen LogP) is 8.06. The van der Waals surface area contributed by atoms with Crippen LogP contribution in [0.25, 0.3) is 0 Å². The maximum absolute atomic E-state index is 13.0. The van der Waals surface area contributed by atoms with Crippen LogP contribution < -0.4 is 0 Å². The standard InChI is InChI=1S/C49H66BrNO13/c1-26(23-58-46-44(61-31(6)55)43(60-30(5)54)42(59-29(4)53)40(63-46)24-57-28(3)52)15-20-49(25-51)27(2)41-39(64-49)22-38-36-14-11-33-21-35(62-45(56)32-9-12-34(50)13-10-32)16-18-47(33,7)37(36)17-19-48(38,41)8/h9-10,12-13,26-27,33,35-44,46H,11,14-24H2,1-8H3/t26-,27-,33+,35-,36+,37-,38-,39-,40+,41-,42+,43-,44+,46+,47-,48-,49-/m0/s1. The first kappa shape index (κ1) is 48.4. The number of hydrogen-bond donors (Lipinski definition) is 0. The van der Waals surface area contributed by atoms with Gasteiger partial charge < -0.3 is 37.9 Å². The normalized spacial score (nSPS) is 40.2. The van der Waals surface area contributed by atoms with Gasteiger partial charge in [-0.3, -0.25) is 19.2 Å². The average Bonchev–Trinajstić information content (AvgIpc) is 3.69. The lowest BCUT2D eigenvalue weighted by Gasteiger charge is -2.61. The second-order valence-corrected chi connectivity index (χ2v) is 21.2. The smallest absolute Gasteiger partial charge is 0.338 e. The number of halogens is 1. The summed E-state index contributed by atoms with van der Waals surface area (Å²) in [6.45, 7) is 13.7. The van der Waals surface area contributed by atoms with Gasteiger partial charge >= 0.3 is 29.8 Å². The first-order valence-corrected chi connectivity index (χ1v) is 24.1. The minimum atomic E-state index is -1.32. The van der Waals surface area contributed by atoms with Crippen LogP contribution in [0.15, 0.2) is 28.7 Å². The number of carbonyl (C=O) groups is 5. The van der Waals surface area contributed by atoms with Gasteiger partial charge in [-0.1, -0.05) is 43.6 Å². The van der Waals surface area contributed by atoms with Gasteiger partial charge in [-0.15, -0.1) is 0 Å². The Bertz CT molecular complexity index is 1960. The van der Waals surface area contributed by atoms with E-state index in [4.69, 9.17) is 37.9 Å². The third-order valence-corrected chi connectivity index (χ3v) is 16.9. The van der Waals surface area contributed by atoms with Gasteiger partial charge in [0.25, 0.3) is 0 Å². The summed E-state index contributed by atoms with van der Waals surface area (Å²) in [5.74, 6) is -0.527. The third kappa shape index (κ3) is 9.63. The third-order valence-electron chi connectivity index (χ3n) is 16.4. The minimum absolute atomic E-state index is 0.00639. The van der Waals surface area contributed by atoms with Gasteiger partial charge in [0.2, 0.25) is 0 Å². The van der Waals surface area contributed by atoms with E-state index in [2.05, 4.69) is 42.8 Å². The van der Waals surface area contributed by atoms with E-state index in [1.165, 1.54) is 34.1 Å². The molecule has 0 radical (unpaired) electrons. The highest BCUT2D eigenvalue weighted by Gasteiger charge is 2.68. The lowest BCUT2D eigenvalue weighted by atomic mass is 9.44. The minimum Gasteiger partial charge on any atom is -0.463 e. The summed E-state index contributed by atoms with van der Waals surface area (Å²) >= 11 is 3.45. The number of ether oxygens (including phenoxy) is 8. The van der Waals surface area contributed by atoms with Gasteiger partial charge in [-0.05, 0) is 135 Å². The summed E-state index contributed by atoms with van der Waals surface area (Å²) < 4.78 is 48.2. The molecule has 2 aliphatic heterocycles. The molecule has 0 N–H and O–H groups in total. The SMILES string of the molecule is CC(=O)OC[C@H]1O[C@@H](OC[C@@H](C)CC[C@@]2(C#N)O[C@H]3C[C@H]4[C@@H]5CC[C@@H]6C[C@@H](OC(=O)c7ccc(Br)cc7)CC[C@]6(C)[C@H]5CC[C@]4(C)[C@H]3[C@@H]2C)[C@H](OC(C)=O)[C@@H](OC(C)=O)[C@@H]1OC(C)=O. The Morgan fingerprint density at radius 3 is 2.14 bits per heavy atom. The maximum Gasteiger partial charge on any atom is 0.338 e. The van der Waals surface area contributed by atoms with Crippen molar-refractivity contribution in [3.8, 4) is 6.07 Å². The summed E-state index contributed by atoms with van der Waals surface area (Å²) in [7, 11) is 0. The van der Waals surface area contributed by atoms with Crippen LogP contribution in [-0.2, 0) is 57.1 Å². The molecule has 7 rings (SSSR count). The molecule has 6 aliphatic rings. The van der Waals surface area contributed by atoms with E-state index < -0.39 is 60.2 Å². The predicted molar refractivity (Wildman–Crippen MR) is 233 cm³/mol. The number of hydrogen-bond acceptors (Lipinski definition) is 14. The van der Waals surface area contributed by atoms with E-state index in [9.17, 15) is 29.2 Å². The summed E-state index contributed by atoms with van der Waals surface area (Å²) in [5.41, 5.74) is -0.103. The van der Waals surface area contributed by atoms with Crippen molar-refractivity contribution < 1.29 is 61.9 Å². The van der Waals surface area contributed by atoms with Crippen LogP contribution in [-0.4, -0.2) is 91.6 Å². The summed E-state index contributed by atoms with van der Waals surface area (Å²) in [6, 6.07) is 10.0. The molecule has 15 heteroatoms. The zero-order valence-electron chi connectivity index (χ0n) is 38.5. The van der Waals surface area contributed by atoms with E-state index in [1.807, 2.05) is 31.2 Å². The molecule has 2 saturated heterocycles. The Morgan fingerprint density at radius 2 is 1.48 bits per heavy atom. The molecule has 14 nitrogen and oxygen atoms in total. The largest absolute Gasteiger partial charge is 0.463 e. The molecule has 4 saturated carbocycles. The molecule has 1 aromatic carbocycles. The van der Waals surface area contributed by atoms with Crippen LogP contribution in [0.3, 0.4) is 0 Å². The van der Waals surface area contributed by atoms with Crippen molar-refractivity contribution >= 4 is 45.8 Å². The molecule has 64 heavy (non-hydrogen) atoms. The van der Waals surface area contributed by atoms with Crippen molar-refractivity contribution in [1.29, 1.82) is 5.26 Å². The fourth-order valence-electron chi connectivity index (χ4n) is 13.4. The number of rotatable bonds is 13. The molecule has 0 amide bonds. The molecule has 2 heterocycles. The second kappa shape index (κ2) is 19.3. The van der Waals surface area contributed by atoms with Crippen molar-refractivity contribution in [3.05, 3.63) is 34.3 Å². The Kier molecular flexibility index (Phi) is 14.6. The monoisotopic (exact) mass is 955 g/mol. The second-order valence-electron chi connectivity index (χ2n) is 20.3. The molecular weight excluding hydrogens is 890 g/mol. The molecule has 0 bridgehead atoms. The Balaban J connectivity index is 0.973. The van der Waals surface area contributed by atoms with Crippen molar-refractivity contribution in [2.24, 2.45) is 52.3 Å². The van der Waals surface area contributed by atoms with E-state index in [1.54, 1.807) is 0 Å². The molecule has 0 aromatic heterocycles. The van der Waals surface area contributed by atoms with E-state index in [0.29, 0.717) is 42.1 Å². The number of benzene rings is 1. The Morgan fingerprint density at radius 1 is 0.828 bits per heavy atom. The zero-order valence-corrected chi connectivity index (χ0v) is 40.1. The summed E-state index contributed by atoms with van der Waals surface area (Å²) in [4.78, 5) is 61.5. The van der Waals surface area contributed by atoms with Gasteiger partial charge in [0.1, 0.15) is 18.8 Å². The molecule has 4 aliphatic carbocycles. The first-order valence-electron chi connectivity index (χ1n) is 23.3. The molecule has 0 unspecified atom stereocenters. The molecule has 1 aromatic rings. The van der Waals surface area contributed by atoms with Crippen LogP contribution >= 0.6 is 15.9 Å². The lowest BCUT2D eigenvalue weighted by molar-refractivity contribution is -0.309. The highest BCUT2D eigenvalue weighted by atomic mass is 79.9. The Labute approximate surface area is 385 Å². The fraction of sp³-hybridized carbons (Fsp3) is 0.755. The van der Waals surface area contributed by atoms with Crippen molar-refractivity contribution in [2.45, 2.75) is 168 Å². The average molecular weight is 957 g/mol. The molecule has 0 spiro atoms. The number of fused-ring (bicyclic) bond motifs is 7. The van der Waals surface area contributed by atoms with E-state index in [-0.39, 0.29) is 60.0 Å². The molecule has 6 fully saturated rings. The van der Waals surface area contributed by atoms with Gasteiger partial charge in [-0.2, -0.15) is 5.26 Å². The van der Waals surface area contributed by atoms with Crippen molar-refractivity contribution in [1.82, 2.24) is 0 Å². The zero-order chi connectivity index (χ0) is 46.3. The Hall–Kier alpha value is -3.58. The van der Waals surface area contributed by atoms with Gasteiger partial charge in [0.05, 0.1) is 24.3 Å². The quantitative estimate of drug-likeness (QED) is 0.137. The summed E-state index contributed by atoms with van der Waals surface area (Å²) in [6.07, 6.45) is 3.20. The van der Waals surface area contributed by atoms with Gasteiger partial charge in [0.15, 0.2) is 30.2 Å². The van der Waals surface area contributed by atoms with E-state index in [0.717, 1.165) is 49.4 Å². The number of nitriles is 1. The fourth-order valence-corrected chi connectivity index (χ4v) is 13.7. The van der Waals surface area contributed by atoms with Gasteiger partial charge in [-0.25, -0.2) is 4.79 Å². The first-order chi connectivity index (χ1) is 30.3. The molecular formula is C49H66BrNO13. The van der Waals surface area contributed by atoms with Crippen LogP contribution in [0, 0.1) is 63.6 Å². The van der Waals surface area contributed by atoms with E-state index >= 15 is 0 Å². The lowest BCUT2D eigenvalue weighted by Crippen LogP contribution is -2.63. The topological polar surface area (TPSA) is 183 Å². The summed E-state index contributed by atoms with van der Waals surface area (Å²) in [5, 5.41) is 10.9. The van der Waals surface area contributed by atoms with Crippen LogP contribution in [0.4, 0.5) is 0 Å². The highest BCUT2D eigenvalue weighted by Crippen LogP contribution is 2.71. The van der Waals surface area contributed by atoms with Crippen LogP contribution in [0.2, 0.25) is 0 Å². The number of nitrogens with zero attached hydrogens (tertiary/aromatic N) is 1. The van der Waals surface area contributed by atoms with Crippen LogP contribution in [0.1, 0.15) is 130 Å².